The van der Waals surface area contributed by atoms with Crippen LogP contribution in [0.5, 0.6) is 0 Å². The topological polar surface area (TPSA) is 96.8 Å². The molecule has 3 aliphatic heterocycles. The Morgan fingerprint density at radius 1 is 1.00 bits per heavy atom. The lowest BCUT2D eigenvalue weighted by molar-refractivity contribution is 0.112. The molecule has 4 rings (SSSR count). The van der Waals surface area contributed by atoms with E-state index in [4.69, 9.17) is 10.1 Å². The summed E-state index contributed by atoms with van der Waals surface area (Å²) in [6, 6.07) is 2.47. The third-order valence-corrected chi connectivity index (χ3v) is 7.03. The first-order chi connectivity index (χ1) is 16.7. The van der Waals surface area contributed by atoms with Gasteiger partial charge in [0.25, 0.3) is 0 Å². The van der Waals surface area contributed by atoms with E-state index in [0.717, 1.165) is 38.4 Å². The van der Waals surface area contributed by atoms with Crippen molar-refractivity contribution in [2.24, 2.45) is 0 Å². The highest BCUT2D eigenvalue weighted by Gasteiger charge is 2.19. The SMILES string of the molecule is CNC1CCN(CCN2CCCC2)CC1.CNc1nc(N2CCCOCC2)c(C=O)cc1C=N. The number of nitrogens with one attached hydrogen (secondary N) is 3. The Morgan fingerprint density at radius 3 is 2.32 bits per heavy atom. The normalized spacial score (nSPS) is 20.4. The van der Waals surface area contributed by atoms with Gasteiger partial charge >= 0.3 is 0 Å². The van der Waals surface area contributed by atoms with E-state index < -0.39 is 0 Å². The summed E-state index contributed by atoms with van der Waals surface area (Å²) in [6.07, 6.45) is 8.40. The minimum absolute atomic E-state index is 0.513. The molecule has 9 heteroatoms. The average Bonchev–Trinajstić information content (AvgIpc) is 3.27. The number of nitrogens with zero attached hydrogens (tertiary/aromatic N) is 4. The molecule has 4 heterocycles. The third-order valence-electron chi connectivity index (χ3n) is 7.03. The first kappa shape index (κ1) is 26.5. The van der Waals surface area contributed by atoms with Crippen molar-refractivity contribution in [3.05, 3.63) is 17.2 Å². The molecular weight excluding hydrogens is 430 g/mol. The van der Waals surface area contributed by atoms with E-state index >= 15 is 0 Å². The van der Waals surface area contributed by atoms with Crippen LogP contribution in [0.2, 0.25) is 0 Å². The molecule has 3 N–H and O–H groups in total. The third kappa shape index (κ3) is 7.73. The van der Waals surface area contributed by atoms with Crippen LogP contribution >= 0.6 is 0 Å². The van der Waals surface area contributed by atoms with Crippen molar-refractivity contribution in [3.63, 3.8) is 0 Å². The summed E-state index contributed by atoms with van der Waals surface area (Å²) < 4.78 is 5.41. The Kier molecular flexibility index (Phi) is 11.2. The first-order valence-corrected chi connectivity index (χ1v) is 12.8. The van der Waals surface area contributed by atoms with Gasteiger partial charge in [-0.3, -0.25) is 4.79 Å². The molecule has 0 radical (unpaired) electrons. The Morgan fingerprint density at radius 2 is 1.71 bits per heavy atom. The fourth-order valence-corrected chi connectivity index (χ4v) is 4.88. The van der Waals surface area contributed by atoms with Gasteiger partial charge in [0.15, 0.2) is 6.29 Å². The molecule has 3 saturated heterocycles. The molecule has 1 aromatic rings. The predicted octanol–water partition coefficient (Wildman–Crippen LogP) is 1.93. The summed E-state index contributed by atoms with van der Waals surface area (Å²) in [4.78, 5) is 23.0. The largest absolute Gasteiger partial charge is 0.380 e. The lowest BCUT2D eigenvalue weighted by Gasteiger charge is -2.32. The van der Waals surface area contributed by atoms with E-state index in [1.807, 2.05) is 0 Å². The van der Waals surface area contributed by atoms with Gasteiger partial charge in [0.1, 0.15) is 11.6 Å². The van der Waals surface area contributed by atoms with Crippen LogP contribution in [0.3, 0.4) is 0 Å². The Labute approximate surface area is 204 Å². The lowest BCUT2D eigenvalue weighted by Crippen LogP contribution is -2.43. The number of likely N-dealkylation sites (tertiary alicyclic amines) is 2. The summed E-state index contributed by atoms with van der Waals surface area (Å²) in [6.45, 7) is 10.8. The second kappa shape index (κ2) is 14.4. The van der Waals surface area contributed by atoms with Crippen molar-refractivity contribution in [1.82, 2.24) is 20.1 Å². The maximum absolute atomic E-state index is 11.2. The van der Waals surface area contributed by atoms with E-state index in [-0.39, 0.29) is 0 Å². The zero-order chi connectivity index (χ0) is 24.2. The highest BCUT2D eigenvalue weighted by Crippen LogP contribution is 2.23. The van der Waals surface area contributed by atoms with Crippen LogP contribution in [0, 0.1) is 5.41 Å². The molecule has 0 aromatic carbocycles. The monoisotopic (exact) mass is 473 g/mol. The molecular formula is C25H43N7O2. The quantitative estimate of drug-likeness (QED) is 0.389. The number of rotatable bonds is 8. The van der Waals surface area contributed by atoms with E-state index in [1.165, 1.54) is 71.2 Å². The maximum atomic E-state index is 11.2. The van der Waals surface area contributed by atoms with Gasteiger partial charge in [0.05, 0.1) is 12.2 Å². The zero-order valence-corrected chi connectivity index (χ0v) is 21.0. The van der Waals surface area contributed by atoms with Gasteiger partial charge in [0.2, 0.25) is 0 Å². The molecule has 0 saturated carbocycles. The van der Waals surface area contributed by atoms with Crippen LogP contribution in [-0.4, -0.2) is 113 Å². The van der Waals surface area contributed by atoms with Crippen LogP contribution in [-0.2, 0) is 4.74 Å². The van der Waals surface area contributed by atoms with Gasteiger partial charge < -0.3 is 35.5 Å². The highest BCUT2D eigenvalue weighted by atomic mass is 16.5. The number of carbonyl (C=O) groups is 1. The van der Waals surface area contributed by atoms with Gasteiger partial charge in [-0.1, -0.05) is 0 Å². The summed E-state index contributed by atoms with van der Waals surface area (Å²) in [7, 11) is 3.84. The van der Waals surface area contributed by atoms with Crippen molar-refractivity contribution in [2.75, 3.05) is 89.9 Å². The van der Waals surface area contributed by atoms with Crippen LogP contribution in [0.4, 0.5) is 11.6 Å². The van der Waals surface area contributed by atoms with Crippen molar-refractivity contribution in [2.45, 2.75) is 38.1 Å². The van der Waals surface area contributed by atoms with E-state index in [9.17, 15) is 4.79 Å². The van der Waals surface area contributed by atoms with Crippen LogP contribution in [0.1, 0.15) is 48.0 Å². The molecule has 9 nitrogen and oxygen atoms in total. The van der Waals surface area contributed by atoms with Crippen molar-refractivity contribution < 1.29 is 9.53 Å². The minimum atomic E-state index is 0.513. The molecule has 0 bridgehead atoms. The van der Waals surface area contributed by atoms with Crippen LogP contribution in [0.25, 0.3) is 0 Å². The molecule has 1 aromatic heterocycles. The second-order valence-electron chi connectivity index (χ2n) is 9.26. The number of carbonyl (C=O) groups excluding carboxylic acids is 1. The molecule has 0 atom stereocenters. The maximum Gasteiger partial charge on any atom is 0.153 e. The summed E-state index contributed by atoms with van der Waals surface area (Å²) in [5.41, 5.74) is 1.12. The van der Waals surface area contributed by atoms with E-state index in [2.05, 4.69) is 37.4 Å². The minimum Gasteiger partial charge on any atom is -0.380 e. The van der Waals surface area contributed by atoms with E-state index in [0.29, 0.717) is 29.4 Å². The van der Waals surface area contributed by atoms with Gasteiger partial charge in [-0.2, -0.15) is 0 Å². The fraction of sp³-hybridized carbons (Fsp3) is 0.720. The molecule has 34 heavy (non-hydrogen) atoms. The van der Waals surface area contributed by atoms with Gasteiger partial charge in [-0.05, 0) is 71.4 Å². The molecule has 0 aliphatic carbocycles. The van der Waals surface area contributed by atoms with Gasteiger partial charge in [-0.15, -0.1) is 0 Å². The standard InChI is InChI=1S/C13H18N4O2.C12H25N3/c1-15-12-10(8-14)7-11(9-18)13(16-12)17-3-2-5-19-6-4-17;1-13-12-4-8-15(9-5-12)11-10-14-6-2-3-7-14/h7-9,14H,2-6H2,1H3,(H,15,16);12-13H,2-11H2,1H3. The zero-order valence-electron chi connectivity index (χ0n) is 21.0. The number of aromatic nitrogens is 1. The molecule has 3 aliphatic rings. The van der Waals surface area contributed by atoms with Crippen LogP contribution < -0.4 is 15.5 Å². The Balaban J connectivity index is 0.000000196. The number of pyridine rings is 1. The molecule has 0 unspecified atom stereocenters. The Hall–Kier alpha value is -2.07. The molecule has 3 fully saturated rings. The fourth-order valence-electron chi connectivity index (χ4n) is 4.88. The second-order valence-corrected chi connectivity index (χ2v) is 9.26. The molecule has 190 valence electrons. The summed E-state index contributed by atoms with van der Waals surface area (Å²) >= 11 is 0. The average molecular weight is 474 g/mol. The van der Waals surface area contributed by atoms with Crippen LogP contribution in [0.15, 0.2) is 6.07 Å². The number of hydrogen-bond donors (Lipinski definition) is 3. The number of hydrogen-bond acceptors (Lipinski definition) is 9. The first-order valence-electron chi connectivity index (χ1n) is 12.8. The number of piperidine rings is 1. The predicted molar refractivity (Wildman–Crippen MR) is 139 cm³/mol. The number of anilines is 2. The molecule has 0 spiro atoms. The van der Waals surface area contributed by atoms with Crippen molar-refractivity contribution in [3.8, 4) is 0 Å². The lowest BCUT2D eigenvalue weighted by atomic mass is 10.1. The Bertz CT molecular complexity index is 754. The van der Waals surface area contributed by atoms with Crippen molar-refractivity contribution >= 4 is 24.1 Å². The van der Waals surface area contributed by atoms with Gasteiger partial charge in [-0.25, -0.2) is 4.98 Å². The summed E-state index contributed by atoms with van der Waals surface area (Å²) in [5, 5.41) is 13.7. The number of aldehydes is 1. The molecule has 0 amide bonds. The summed E-state index contributed by atoms with van der Waals surface area (Å²) in [5.74, 6) is 1.27. The number of ether oxygens (including phenoxy) is 1. The van der Waals surface area contributed by atoms with Crippen molar-refractivity contribution in [1.29, 1.82) is 5.41 Å². The van der Waals surface area contributed by atoms with Gasteiger partial charge in [0, 0.05) is 57.7 Å². The highest BCUT2D eigenvalue weighted by molar-refractivity contribution is 5.91. The van der Waals surface area contributed by atoms with E-state index in [1.54, 1.807) is 13.1 Å². The smallest absolute Gasteiger partial charge is 0.153 e.